The van der Waals surface area contributed by atoms with Gasteiger partial charge in [0.1, 0.15) is 0 Å². The number of rotatable bonds is 1. The molecule has 2 heterocycles. The first kappa shape index (κ1) is 12.7. The summed E-state index contributed by atoms with van der Waals surface area (Å²) in [7, 11) is 0. The molecule has 3 N–H and O–H groups in total. The van der Waals surface area contributed by atoms with E-state index in [9.17, 15) is 4.79 Å². The van der Waals surface area contributed by atoms with Gasteiger partial charge < -0.3 is 16.0 Å². The number of likely N-dealkylation sites (tertiary alicyclic amines) is 1. The summed E-state index contributed by atoms with van der Waals surface area (Å²) in [5, 5.41) is 3.24. The van der Waals surface area contributed by atoms with E-state index in [0.717, 1.165) is 45.3 Å². The van der Waals surface area contributed by atoms with Crippen LogP contribution in [-0.2, 0) is 4.79 Å². The van der Waals surface area contributed by atoms with Gasteiger partial charge in [-0.2, -0.15) is 0 Å². The van der Waals surface area contributed by atoms with Gasteiger partial charge in [-0.1, -0.05) is 0 Å². The lowest BCUT2D eigenvalue weighted by atomic mass is 10.0. The van der Waals surface area contributed by atoms with Gasteiger partial charge >= 0.3 is 0 Å². The highest BCUT2D eigenvalue weighted by Crippen LogP contribution is 2.13. The van der Waals surface area contributed by atoms with E-state index in [0.29, 0.717) is 6.04 Å². The monoisotopic (exact) mass is 233 g/mol. The Hall–Kier alpha value is -0.320. The van der Waals surface area contributed by atoms with Gasteiger partial charge in [-0.05, 0) is 32.2 Å². The Bertz CT molecular complexity index is 211. The second-order valence-electron chi connectivity index (χ2n) is 4.31. The fourth-order valence-electron chi connectivity index (χ4n) is 2.24. The van der Waals surface area contributed by atoms with Crippen LogP contribution in [0.5, 0.6) is 0 Å². The summed E-state index contributed by atoms with van der Waals surface area (Å²) >= 11 is 0. The molecule has 0 bridgehead atoms. The minimum absolute atomic E-state index is 0. The van der Waals surface area contributed by atoms with Crippen LogP contribution in [0.4, 0.5) is 0 Å². The summed E-state index contributed by atoms with van der Waals surface area (Å²) < 4.78 is 0. The van der Waals surface area contributed by atoms with E-state index in [1.54, 1.807) is 0 Å². The molecule has 4 nitrogen and oxygen atoms in total. The van der Waals surface area contributed by atoms with Crippen molar-refractivity contribution < 1.29 is 4.79 Å². The zero-order valence-electron chi connectivity index (χ0n) is 8.95. The molecule has 0 aromatic heterocycles. The fraction of sp³-hybridized carbons (Fsp3) is 0.900. The Kier molecular flexibility index (Phi) is 4.83. The van der Waals surface area contributed by atoms with E-state index in [2.05, 4.69) is 5.32 Å². The number of carbonyl (C=O) groups excluding carboxylic acids is 1. The molecule has 2 aliphatic rings. The van der Waals surface area contributed by atoms with Crippen LogP contribution in [0.3, 0.4) is 0 Å². The SMILES string of the molecule is Cl.NC1CCN(C(=O)C2CCCN2)CC1. The van der Waals surface area contributed by atoms with Crippen molar-refractivity contribution >= 4 is 18.3 Å². The number of amides is 1. The second-order valence-corrected chi connectivity index (χ2v) is 4.31. The van der Waals surface area contributed by atoms with Gasteiger partial charge in [0.2, 0.25) is 5.91 Å². The van der Waals surface area contributed by atoms with E-state index in [4.69, 9.17) is 5.73 Å². The standard InChI is InChI=1S/C10H19N3O.ClH/c11-8-3-6-13(7-4-8)10(14)9-2-1-5-12-9;/h8-9,12H,1-7,11H2;1H. The highest BCUT2D eigenvalue weighted by molar-refractivity contribution is 5.85. The molecule has 1 amide bonds. The first-order chi connectivity index (χ1) is 6.77. The Balaban J connectivity index is 0.00000112. The van der Waals surface area contributed by atoms with E-state index in [-0.39, 0.29) is 24.4 Å². The number of nitrogens with two attached hydrogens (primary N) is 1. The van der Waals surface area contributed by atoms with E-state index < -0.39 is 0 Å². The molecule has 0 radical (unpaired) electrons. The molecule has 2 aliphatic heterocycles. The van der Waals surface area contributed by atoms with Gasteiger partial charge in [0, 0.05) is 19.1 Å². The number of hydrogen-bond acceptors (Lipinski definition) is 3. The van der Waals surface area contributed by atoms with Crippen LogP contribution < -0.4 is 11.1 Å². The fourth-order valence-corrected chi connectivity index (χ4v) is 2.24. The van der Waals surface area contributed by atoms with Crippen LogP contribution in [0.25, 0.3) is 0 Å². The van der Waals surface area contributed by atoms with Gasteiger partial charge in [-0.15, -0.1) is 12.4 Å². The van der Waals surface area contributed by atoms with Crippen LogP contribution in [0.2, 0.25) is 0 Å². The van der Waals surface area contributed by atoms with Gasteiger partial charge in [0.05, 0.1) is 6.04 Å². The van der Waals surface area contributed by atoms with Crippen molar-refractivity contribution in [3.63, 3.8) is 0 Å². The molecule has 0 aromatic carbocycles. The molecule has 5 heteroatoms. The number of piperidine rings is 1. The minimum Gasteiger partial charge on any atom is -0.341 e. The lowest BCUT2D eigenvalue weighted by Crippen LogP contribution is -2.49. The summed E-state index contributed by atoms with van der Waals surface area (Å²) in [4.78, 5) is 13.9. The molecule has 0 aromatic rings. The van der Waals surface area contributed by atoms with Crippen molar-refractivity contribution in [3.8, 4) is 0 Å². The summed E-state index contributed by atoms with van der Waals surface area (Å²) in [5.74, 6) is 0.286. The normalized spacial score (nSPS) is 27.5. The zero-order chi connectivity index (χ0) is 9.97. The maximum absolute atomic E-state index is 11.9. The Labute approximate surface area is 97.0 Å². The van der Waals surface area contributed by atoms with Crippen molar-refractivity contribution in [2.45, 2.75) is 37.8 Å². The Morgan fingerprint density at radius 3 is 2.47 bits per heavy atom. The number of nitrogens with one attached hydrogen (secondary N) is 1. The highest BCUT2D eigenvalue weighted by atomic mass is 35.5. The highest BCUT2D eigenvalue weighted by Gasteiger charge is 2.28. The maximum atomic E-state index is 11.9. The molecule has 1 unspecified atom stereocenters. The zero-order valence-corrected chi connectivity index (χ0v) is 9.76. The van der Waals surface area contributed by atoms with Crippen molar-refractivity contribution in [1.82, 2.24) is 10.2 Å². The lowest BCUT2D eigenvalue weighted by molar-refractivity contribution is -0.134. The topological polar surface area (TPSA) is 58.4 Å². The molecule has 1 atom stereocenters. The van der Waals surface area contributed by atoms with Crippen LogP contribution in [0.1, 0.15) is 25.7 Å². The first-order valence-electron chi connectivity index (χ1n) is 5.55. The van der Waals surface area contributed by atoms with Gasteiger partial charge in [0.15, 0.2) is 0 Å². The van der Waals surface area contributed by atoms with E-state index in [1.807, 2.05) is 4.90 Å². The van der Waals surface area contributed by atoms with Gasteiger partial charge in [-0.25, -0.2) is 0 Å². The predicted molar refractivity (Wildman–Crippen MR) is 62.1 cm³/mol. The summed E-state index contributed by atoms with van der Waals surface area (Å²) in [6, 6.07) is 0.389. The largest absolute Gasteiger partial charge is 0.341 e. The maximum Gasteiger partial charge on any atom is 0.239 e. The molecule has 0 saturated carbocycles. The summed E-state index contributed by atoms with van der Waals surface area (Å²) in [5.41, 5.74) is 5.80. The molecule has 0 spiro atoms. The molecule has 2 saturated heterocycles. The molecule has 0 aliphatic carbocycles. The van der Waals surface area contributed by atoms with Crippen LogP contribution >= 0.6 is 12.4 Å². The second kappa shape index (κ2) is 5.68. The molecule has 2 rings (SSSR count). The van der Waals surface area contributed by atoms with Gasteiger partial charge in [-0.3, -0.25) is 4.79 Å². The first-order valence-corrected chi connectivity index (χ1v) is 5.55. The molecule has 2 fully saturated rings. The van der Waals surface area contributed by atoms with Crippen molar-refractivity contribution in [1.29, 1.82) is 0 Å². The van der Waals surface area contributed by atoms with Crippen molar-refractivity contribution in [3.05, 3.63) is 0 Å². The van der Waals surface area contributed by atoms with Crippen LogP contribution in [-0.4, -0.2) is 42.5 Å². The third kappa shape index (κ3) is 3.06. The predicted octanol–water partition coefficient (Wildman–Crippen LogP) is 0.110. The lowest BCUT2D eigenvalue weighted by Gasteiger charge is -2.32. The minimum atomic E-state index is 0. The van der Waals surface area contributed by atoms with Crippen LogP contribution in [0.15, 0.2) is 0 Å². The average molecular weight is 234 g/mol. The third-order valence-corrected chi connectivity index (χ3v) is 3.21. The quantitative estimate of drug-likeness (QED) is 0.676. The summed E-state index contributed by atoms with van der Waals surface area (Å²) in [6.45, 7) is 2.68. The molecule has 15 heavy (non-hydrogen) atoms. The van der Waals surface area contributed by atoms with Gasteiger partial charge in [0.25, 0.3) is 0 Å². The van der Waals surface area contributed by atoms with Crippen molar-refractivity contribution in [2.75, 3.05) is 19.6 Å². The van der Waals surface area contributed by atoms with Crippen molar-refractivity contribution in [2.24, 2.45) is 5.73 Å². The molecule has 88 valence electrons. The number of carbonyl (C=O) groups is 1. The number of nitrogens with zero attached hydrogens (tertiary/aromatic N) is 1. The average Bonchev–Trinajstić information content (AvgIpc) is 2.71. The summed E-state index contributed by atoms with van der Waals surface area (Å²) in [6.07, 6.45) is 4.04. The van der Waals surface area contributed by atoms with Crippen LogP contribution in [0, 0.1) is 0 Å². The Morgan fingerprint density at radius 2 is 1.93 bits per heavy atom. The van der Waals surface area contributed by atoms with E-state index in [1.165, 1.54) is 0 Å². The number of hydrogen-bond donors (Lipinski definition) is 2. The molecular weight excluding hydrogens is 214 g/mol. The Morgan fingerprint density at radius 1 is 1.27 bits per heavy atom. The third-order valence-electron chi connectivity index (χ3n) is 3.21. The number of halogens is 1. The molecular formula is C10H20ClN3O. The van der Waals surface area contributed by atoms with E-state index >= 15 is 0 Å². The smallest absolute Gasteiger partial charge is 0.239 e.